The average Bonchev–Trinajstić information content (AvgIpc) is 2.01. The molecule has 1 nitrogen and oxygen atoms in total. The standard InChI is InChI=1S/C11H23N/c1-6-10(5)11(12-7-2)8-9(3)4/h8,10-12H,6-7H2,1-5H3. The van der Waals surface area contributed by atoms with Gasteiger partial charge in [0.1, 0.15) is 0 Å². The van der Waals surface area contributed by atoms with E-state index in [-0.39, 0.29) is 0 Å². The van der Waals surface area contributed by atoms with E-state index in [1.54, 1.807) is 0 Å². The van der Waals surface area contributed by atoms with Crippen LogP contribution in [0.1, 0.15) is 41.0 Å². The number of hydrogen-bond donors (Lipinski definition) is 1. The molecule has 0 amide bonds. The van der Waals surface area contributed by atoms with E-state index >= 15 is 0 Å². The Balaban J connectivity index is 4.12. The highest BCUT2D eigenvalue weighted by molar-refractivity contribution is 5.02. The minimum absolute atomic E-state index is 0.560. The zero-order chi connectivity index (χ0) is 9.56. The fourth-order valence-electron chi connectivity index (χ4n) is 1.27. The first-order chi connectivity index (χ1) is 5.61. The van der Waals surface area contributed by atoms with Crippen LogP contribution in [0.5, 0.6) is 0 Å². The first-order valence-electron chi connectivity index (χ1n) is 5.00. The summed E-state index contributed by atoms with van der Waals surface area (Å²) in [6, 6.07) is 0.560. The van der Waals surface area contributed by atoms with Crippen molar-refractivity contribution < 1.29 is 0 Å². The maximum Gasteiger partial charge on any atom is 0.0277 e. The van der Waals surface area contributed by atoms with E-state index in [2.05, 4.69) is 46.0 Å². The molecule has 0 bridgehead atoms. The molecule has 0 spiro atoms. The molecule has 0 aliphatic heterocycles. The summed E-state index contributed by atoms with van der Waals surface area (Å²) in [5.74, 6) is 0.736. The van der Waals surface area contributed by atoms with Crippen LogP contribution in [0.4, 0.5) is 0 Å². The molecule has 0 aliphatic carbocycles. The molecule has 2 atom stereocenters. The minimum atomic E-state index is 0.560. The Morgan fingerprint density at radius 3 is 2.25 bits per heavy atom. The van der Waals surface area contributed by atoms with Gasteiger partial charge in [0.15, 0.2) is 0 Å². The molecule has 0 fully saturated rings. The Bertz CT molecular complexity index is 134. The Hall–Kier alpha value is -0.300. The van der Waals surface area contributed by atoms with E-state index in [9.17, 15) is 0 Å². The fraction of sp³-hybridized carbons (Fsp3) is 0.818. The first kappa shape index (κ1) is 11.7. The molecule has 0 aromatic rings. The predicted molar refractivity (Wildman–Crippen MR) is 56.4 cm³/mol. The van der Waals surface area contributed by atoms with Crippen LogP contribution >= 0.6 is 0 Å². The van der Waals surface area contributed by atoms with Crippen LogP contribution in [0.2, 0.25) is 0 Å². The summed E-state index contributed by atoms with van der Waals surface area (Å²) in [4.78, 5) is 0. The average molecular weight is 169 g/mol. The predicted octanol–water partition coefficient (Wildman–Crippen LogP) is 2.98. The molecule has 12 heavy (non-hydrogen) atoms. The van der Waals surface area contributed by atoms with Crippen LogP contribution in [0.15, 0.2) is 11.6 Å². The van der Waals surface area contributed by atoms with Crippen LogP contribution < -0.4 is 5.32 Å². The number of nitrogens with one attached hydrogen (secondary N) is 1. The number of hydrogen-bond acceptors (Lipinski definition) is 1. The lowest BCUT2D eigenvalue weighted by Crippen LogP contribution is -2.32. The monoisotopic (exact) mass is 169 g/mol. The molecule has 0 saturated heterocycles. The molecule has 0 aromatic carbocycles. The lowest BCUT2D eigenvalue weighted by atomic mass is 9.97. The van der Waals surface area contributed by atoms with Crippen molar-refractivity contribution in [2.45, 2.75) is 47.1 Å². The Labute approximate surface area is 77.2 Å². The first-order valence-corrected chi connectivity index (χ1v) is 5.00. The summed E-state index contributed by atoms with van der Waals surface area (Å²) in [6.07, 6.45) is 3.57. The molecule has 0 heterocycles. The van der Waals surface area contributed by atoms with E-state index in [0.717, 1.165) is 12.5 Å². The Kier molecular flexibility index (Phi) is 6.09. The van der Waals surface area contributed by atoms with Gasteiger partial charge in [-0.15, -0.1) is 0 Å². The van der Waals surface area contributed by atoms with Gasteiger partial charge >= 0.3 is 0 Å². The molecule has 0 aliphatic rings. The third-order valence-electron chi connectivity index (χ3n) is 2.21. The van der Waals surface area contributed by atoms with Crippen molar-refractivity contribution in [1.29, 1.82) is 0 Å². The normalized spacial score (nSPS) is 15.4. The van der Waals surface area contributed by atoms with Gasteiger partial charge in [0.2, 0.25) is 0 Å². The lowest BCUT2D eigenvalue weighted by Gasteiger charge is -2.20. The second-order valence-electron chi connectivity index (χ2n) is 3.71. The minimum Gasteiger partial charge on any atom is -0.311 e. The van der Waals surface area contributed by atoms with Gasteiger partial charge in [-0.05, 0) is 26.3 Å². The highest BCUT2D eigenvalue weighted by Gasteiger charge is 2.10. The van der Waals surface area contributed by atoms with Gasteiger partial charge in [-0.25, -0.2) is 0 Å². The molecule has 0 rings (SSSR count). The van der Waals surface area contributed by atoms with Crippen LogP contribution in [0, 0.1) is 5.92 Å². The topological polar surface area (TPSA) is 12.0 Å². The van der Waals surface area contributed by atoms with Crippen LogP contribution in [-0.2, 0) is 0 Å². The van der Waals surface area contributed by atoms with Gasteiger partial charge in [0.25, 0.3) is 0 Å². The number of likely N-dealkylation sites (N-methyl/N-ethyl adjacent to an activating group) is 1. The zero-order valence-electron chi connectivity index (χ0n) is 9.15. The molecule has 72 valence electrons. The molecule has 2 unspecified atom stereocenters. The van der Waals surface area contributed by atoms with Crippen molar-refractivity contribution in [3.05, 3.63) is 11.6 Å². The number of rotatable bonds is 5. The second kappa shape index (κ2) is 6.24. The van der Waals surface area contributed by atoms with Gasteiger partial charge in [-0.3, -0.25) is 0 Å². The summed E-state index contributed by atoms with van der Waals surface area (Å²) >= 11 is 0. The van der Waals surface area contributed by atoms with Crippen molar-refractivity contribution in [3.63, 3.8) is 0 Å². The highest BCUT2D eigenvalue weighted by Crippen LogP contribution is 2.10. The van der Waals surface area contributed by atoms with Gasteiger partial charge in [-0.1, -0.05) is 38.8 Å². The van der Waals surface area contributed by atoms with Crippen molar-refractivity contribution >= 4 is 0 Å². The van der Waals surface area contributed by atoms with E-state index in [4.69, 9.17) is 0 Å². The van der Waals surface area contributed by atoms with Gasteiger partial charge in [0, 0.05) is 6.04 Å². The largest absolute Gasteiger partial charge is 0.311 e. The van der Waals surface area contributed by atoms with Crippen LogP contribution in [-0.4, -0.2) is 12.6 Å². The molecule has 1 N–H and O–H groups in total. The maximum atomic E-state index is 3.49. The fourth-order valence-corrected chi connectivity index (χ4v) is 1.27. The lowest BCUT2D eigenvalue weighted by molar-refractivity contribution is 0.430. The van der Waals surface area contributed by atoms with Gasteiger partial charge in [0.05, 0.1) is 0 Å². The highest BCUT2D eigenvalue weighted by atomic mass is 14.9. The quantitative estimate of drug-likeness (QED) is 0.624. The summed E-state index contributed by atoms with van der Waals surface area (Å²) in [5.41, 5.74) is 1.40. The van der Waals surface area contributed by atoms with E-state index in [1.807, 2.05) is 0 Å². The van der Waals surface area contributed by atoms with E-state index in [0.29, 0.717) is 6.04 Å². The van der Waals surface area contributed by atoms with E-state index in [1.165, 1.54) is 12.0 Å². The molecule has 0 saturated carbocycles. The van der Waals surface area contributed by atoms with Crippen molar-refractivity contribution in [2.75, 3.05) is 6.54 Å². The molecular weight excluding hydrogens is 146 g/mol. The summed E-state index contributed by atoms with van der Waals surface area (Å²) in [6.45, 7) is 12.1. The van der Waals surface area contributed by atoms with Crippen molar-refractivity contribution in [1.82, 2.24) is 5.32 Å². The number of allylic oxidation sites excluding steroid dienone is 1. The Morgan fingerprint density at radius 1 is 1.33 bits per heavy atom. The summed E-state index contributed by atoms with van der Waals surface area (Å²) in [5, 5.41) is 3.49. The smallest absolute Gasteiger partial charge is 0.0277 e. The van der Waals surface area contributed by atoms with Crippen LogP contribution in [0.3, 0.4) is 0 Å². The SMILES string of the molecule is CCNC(C=C(C)C)C(C)CC. The zero-order valence-corrected chi connectivity index (χ0v) is 9.15. The maximum absolute atomic E-state index is 3.49. The third-order valence-corrected chi connectivity index (χ3v) is 2.21. The van der Waals surface area contributed by atoms with Crippen LogP contribution in [0.25, 0.3) is 0 Å². The second-order valence-corrected chi connectivity index (χ2v) is 3.71. The van der Waals surface area contributed by atoms with Gasteiger partial charge < -0.3 is 5.32 Å². The van der Waals surface area contributed by atoms with Gasteiger partial charge in [-0.2, -0.15) is 0 Å². The van der Waals surface area contributed by atoms with E-state index < -0.39 is 0 Å². The molecule has 1 heteroatoms. The molecular formula is C11H23N. The Morgan fingerprint density at radius 2 is 1.92 bits per heavy atom. The summed E-state index contributed by atoms with van der Waals surface area (Å²) < 4.78 is 0. The van der Waals surface area contributed by atoms with Crippen molar-refractivity contribution in [3.8, 4) is 0 Å². The van der Waals surface area contributed by atoms with Crippen molar-refractivity contribution in [2.24, 2.45) is 5.92 Å². The third kappa shape index (κ3) is 4.55. The molecule has 0 aromatic heterocycles. The molecule has 0 radical (unpaired) electrons. The summed E-state index contributed by atoms with van der Waals surface area (Å²) in [7, 11) is 0.